The van der Waals surface area contributed by atoms with E-state index in [2.05, 4.69) is 25.5 Å². The molecule has 3 aromatic carbocycles. The molecule has 0 spiro atoms. The van der Waals surface area contributed by atoms with Gasteiger partial charge in [0.15, 0.2) is 11.5 Å². The molecular weight excluding hydrogens is 506 g/mol. The predicted octanol–water partition coefficient (Wildman–Crippen LogP) is 5.71. The van der Waals surface area contributed by atoms with Gasteiger partial charge in [-0.1, -0.05) is 12.5 Å². The van der Waals surface area contributed by atoms with Crippen LogP contribution in [0.25, 0.3) is 10.9 Å². The van der Waals surface area contributed by atoms with E-state index in [1.54, 1.807) is 26.4 Å². The Morgan fingerprint density at radius 3 is 2.50 bits per heavy atom. The maximum atomic E-state index is 12.7. The van der Waals surface area contributed by atoms with Gasteiger partial charge < -0.3 is 29.7 Å². The number of methoxy groups -OCH3 is 2. The largest absolute Gasteiger partial charge is 0.493 e. The van der Waals surface area contributed by atoms with Gasteiger partial charge in [0.05, 0.1) is 19.7 Å². The van der Waals surface area contributed by atoms with Crippen LogP contribution in [0.2, 0.25) is 0 Å². The van der Waals surface area contributed by atoms with Crippen molar-refractivity contribution in [3.05, 3.63) is 72.1 Å². The van der Waals surface area contributed by atoms with Crippen LogP contribution in [0, 0.1) is 6.92 Å². The highest BCUT2D eigenvalue weighted by Gasteiger charge is 2.14. The van der Waals surface area contributed by atoms with Crippen molar-refractivity contribution >= 4 is 28.3 Å². The summed E-state index contributed by atoms with van der Waals surface area (Å²) < 4.78 is 17.0. The third-order valence-corrected chi connectivity index (χ3v) is 7.06. The van der Waals surface area contributed by atoms with Crippen molar-refractivity contribution in [2.24, 2.45) is 0 Å². The maximum absolute atomic E-state index is 12.7. The monoisotopic (exact) mass is 541 g/mol. The zero-order valence-electron chi connectivity index (χ0n) is 23.2. The van der Waals surface area contributed by atoms with Gasteiger partial charge in [0.2, 0.25) is 0 Å². The average molecular weight is 542 g/mol. The first-order valence-corrected chi connectivity index (χ1v) is 13.6. The SMILES string of the molecule is COc1cc2ncnc(Nc3ccc(Oc4cccc(C(=O)NCCN5CCCCC5)c4)c(C)c3)c2cc1OC. The average Bonchev–Trinajstić information content (AvgIpc) is 2.98. The third-order valence-electron chi connectivity index (χ3n) is 7.06. The number of aromatic nitrogens is 2. The third kappa shape index (κ3) is 6.43. The molecule has 0 atom stereocenters. The van der Waals surface area contributed by atoms with Crippen LogP contribution in [0.15, 0.2) is 60.9 Å². The second kappa shape index (κ2) is 12.7. The van der Waals surface area contributed by atoms with Crippen LogP contribution >= 0.6 is 0 Å². The number of fused-ring (bicyclic) bond motifs is 1. The van der Waals surface area contributed by atoms with Gasteiger partial charge >= 0.3 is 0 Å². The maximum Gasteiger partial charge on any atom is 0.251 e. The Morgan fingerprint density at radius 2 is 1.73 bits per heavy atom. The lowest BCUT2D eigenvalue weighted by atomic mass is 10.1. The number of rotatable bonds is 10. The lowest BCUT2D eigenvalue weighted by molar-refractivity contribution is 0.0946. The second-order valence-electron chi connectivity index (χ2n) is 9.84. The van der Waals surface area contributed by atoms with Crippen LogP contribution in [-0.2, 0) is 0 Å². The Kier molecular flexibility index (Phi) is 8.61. The molecule has 9 nitrogen and oxygen atoms in total. The number of nitrogens with one attached hydrogen (secondary N) is 2. The Hall–Kier alpha value is -4.37. The zero-order valence-corrected chi connectivity index (χ0v) is 23.2. The van der Waals surface area contributed by atoms with Gasteiger partial charge in [0.1, 0.15) is 23.6 Å². The minimum atomic E-state index is -0.0925. The predicted molar refractivity (Wildman–Crippen MR) is 156 cm³/mol. The molecule has 1 amide bonds. The lowest BCUT2D eigenvalue weighted by Gasteiger charge is -2.26. The van der Waals surface area contributed by atoms with E-state index in [0.29, 0.717) is 40.9 Å². The fourth-order valence-corrected chi connectivity index (χ4v) is 4.90. The van der Waals surface area contributed by atoms with Crippen molar-refractivity contribution in [1.29, 1.82) is 0 Å². The van der Waals surface area contributed by atoms with Gasteiger partial charge in [0.25, 0.3) is 5.91 Å². The number of piperidine rings is 1. The summed E-state index contributed by atoms with van der Waals surface area (Å²) in [5, 5.41) is 7.22. The number of carbonyl (C=O) groups excluding carboxylic acids is 1. The van der Waals surface area contributed by atoms with Gasteiger partial charge in [0, 0.05) is 35.8 Å². The van der Waals surface area contributed by atoms with Gasteiger partial charge in [-0.15, -0.1) is 0 Å². The van der Waals surface area contributed by atoms with Crippen LogP contribution in [0.4, 0.5) is 11.5 Å². The fourth-order valence-electron chi connectivity index (χ4n) is 4.90. The summed E-state index contributed by atoms with van der Waals surface area (Å²) in [4.78, 5) is 23.9. The summed E-state index contributed by atoms with van der Waals surface area (Å²) in [6, 6.07) is 16.8. The van der Waals surface area contributed by atoms with Crippen LogP contribution in [0.5, 0.6) is 23.0 Å². The van der Waals surface area contributed by atoms with Crippen LogP contribution < -0.4 is 24.8 Å². The summed E-state index contributed by atoms with van der Waals surface area (Å²) >= 11 is 0. The molecule has 0 radical (unpaired) electrons. The Morgan fingerprint density at radius 1 is 0.925 bits per heavy atom. The molecule has 0 saturated carbocycles. The molecule has 1 aromatic heterocycles. The van der Waals surface area contributed by atoms with E-state index >= 15 is 0 Å². The number of benzene rings is 3. The zero-order chi connectivity index (χ0) is 27.9. The number of carbonyl (C=O) groups is 1. The summed E-state index contributed by atoms with van der Waals surface area (Å²) in [6.07, 6.45) is 5.30. The molecule has 0 unspecified atom stereocenters. The molecule has 208 valence electrons. The van der Waals surface area contributed by atoms with Gasteiger partial charge in [-0.05, 0) is 80.9 Å². The molecule has 1 fully saturated rings. The number of likely N-dealkylation sites (tertiary alicyclic amines) is 1. The molecule has 4 aromatic rings. The minimum absolute atomic E-state index is 0.0925. The first-order chi connectivity index (χ1) is 19.5. The number of anilines is 2. The number of hydrogen-bond acceptors (Lipinski definition) is 8. The number of ether oxygens (including phenoxy) is 3. The highest BCUT2D eigenvalue weighted by atomic mass is 16.5. The molecule has 40 heavy (non-hydrogen) atoms. The molecule has 0 bridgehead atoms. The summed E-state index contributed by atoms with van der Waals surface area (Å²) in [6.45, 7) is 5.73. The fraction of sp³-hybridized carbons (Fsp3) is 0.323. The van der Waals surface area contributed by atoms with Crippen molar-refractivity contribution in [3.63, 3.8) is 0 Å². The number of nitrogens with zero attached hydrogens (tertiary/aromatic N) is 3. The van der Waals surface area contributed by atoms with Crippen molar-refractivity contribution < 1.29 is 19.0 Å². The number of amides is 1. The van der Waals surface area contributed by atoms with E-state index in [4.69, 9.17) is 14.2 Å². The van der Waals surface area contributed by atoms with E-state index in [1.807, 2.05) is 49.4 Å². The lowest BCUT2D eigenvalue weighted by Crippen LogP contribution is -2.37. The summed E-state index contributed by atoms with van der Waals surface area (Å²) in [5.74, 6) is 3.08. The second-order valence-corrected chi connectivity index (χ2v) is 9.84. The van der Waals surface area contributed by atoms with E-state index in [0.717, 1.165) is 41.8 Å². The Labute approximate surface area is 234 Å². The summed E-state index contributed by atoms with van der Waals surface area (Å²) in [5.41, 5.74) is 3.09. The topological polar surface area (TPSA) is 97.8 Å². The highest BCUT2D eigenvalue weighted by molar-refractivity contribution is 5.94. The van der Waals surface area contributed by atoms with Crippen molar-refractivity contribution in [3.8, 4) is 23.0 Å². The molecule has 2 N–H and O–H groups in total. The highest BCUT2D eigenvalue weighted by Crippen LogP contribution is 2.35. The standard InChI is InChI=1S/C31H35N5O4/c1-21-16-23(35-30-25-18-28(38-2)29(39-3)19-26(25)33-20-34-30)10-11-27(21)40-24-9-7-8-22(17-24)31(37)32-12-15-36-13-5-4-6-14-36/h7-11,16-20H,4-6,12-15H2,1-3H3,(H,32,37)(H,33,34,35). The molecule has 2 heterocycles. The van der Waals surface area contributed by atoms with Gasteiger partial charge in [-0.25, -0.2) is 9.97 Å². The van der Waals surface area contributed by atoms with Crippen LogP contribution in [-0.4, -0.2) is 61.2 Å². The Bertz CT molecular complexity index is 1490. The van der Waals surface area contributed by atoms with Crippen molar-refractivity contribution in [2.45, 2.75) is 26.2 Å². The van der Waals surface area contributed by atoms with Crippen molar-refractivity contribution in [1.82, 2.24) is 20.2 Å². The normalized spacial score (nSPS) is 13.6. The Balaban J connectivity index is 1.25. The quantitative estimate of drug-likeness (QED) is 0.264. The molecule has 5 rings (SSSR count). The number of aryl methyl sites for hydroxylation is 1. The van der Waals surface area contributed by atoms with E-state index < -0.39 is 0 Å². The van der Waals surface area contributed by atoms with Crippen LogP contribution in [0.3, 0.4) is 0 Å². The molecule has 0 aliphatic carbocycles. The van der Waals surface area contributed by atoms with E-state index in [-0.39, 0.29) is 5.91 Å². The molecule has 1 saturated heterocycles. The smallest absolute Gasteiger partial charge is 0.251 e. The van der Waals surface area contributed by atoms with E-state index in [1.165, 1.54) is 25.6 Å². The first kappa shape index (κ1) is 27.2. The molecule has 1 aliphatic rings. The van der Waals surface area contributed by atoms with Gasteiger partial charge in [-0.2, -0.15) is 0 Å². The minimum Gasteiger partial charge on any atom is -0.493 e. The number of hydrogen-bond donors (Lipinski definition) is 2. The summed E-state index contributed by atoms with van der Waals surface area (Å²) in [7, 11) is 3.19. The molecular formula is C31H35N5O4. The first-order valence-electron chi connectivity index (χ1n) is 13.6. The van der Waals surface area contributed by atoms with Crippen LogP contribution in [0.1, 0.15) is 35.2 Å². The van der Waals surface area contributed by atoms with Gasteiger partial charge in [-0.3, -0.25) is 4.79 Å². The molecule has 9 heteroatoms. The van der Waals surface area contributed by atoms with E-state index in [9.17, 15) is 4.79 Å². The molecule has 1 aliphatic heterocycles. The van der Waals surface area contributed by atoms with Crippen molar-refractivity contribution in [2.75, 3.05) is 45.7 Å².